The average molecular weight is 331 g/mol. The number of hydrogen-bond acceptors (Lipinski definition) is 3. The molecule has 3 rings (SSSR count). The Bertz CT molecular complexity index is 797. The molecule has 6 heteroatoms. The number of Topliss-reactive ketones (excluding diaryl/α,β-unsaturated/α-hetero) is 1. The van der Waals surface area contributed by atoms with Gasteiger partial charge in [0, 0.05) is 18.4 Å². The third kappa shape index (κ3) is 2.87. The standard InChI is InChI=1S/C18H15F2NO3/c1-24-18-13(19)8-11(9-14(18)20)10-21-15-5-3-2-4-12(15)16(22)6-7-17(21)23/h2-5,8-9H,6-7,10H2,1H3. The van der Waals surface area contributed by atoms with Crippen molar-refractivity contribution < 1.29 is 23.1 Å². The molecule has 1 amide bonds. The lowest BCUT2D eigenvalue weighted by Gasteiger charge is -2.23. The van der Waals surface area contributed by atoms with Crippen molar-refractivity contribution in [3.63, 3.8) is 0 Å². The number of carbonyl (C=O) groups excluding carboxylic acids is 2. The predicted molar refractivity (Wildman–Crippen MR) is 84.1 cm³/mol. The maximum absolute atomic E-state index is 13.9. The quantitative estimate of drug-likeness (QED) is 0.865. The summed E-state index contributed by atoms with van der Waals surface area (Å²) in [4.78, 5) is 25.9. The zero-order chi connectivity index (χ0) is 17.3. The summed E-state index contributed by atoms with van der Waals surface area (Å²) in [6.07, 6.45) is 0.187. The minimum Gasteiger partial charge on any atom is -0.491 e. The van der Waals surface area contributed by atoms with Crippen LogP contribution in [0.25, 0.3) is 0 Å². The first-order valence-corrected chi connectivity index (χ1v) is 7.45. The first-order chi connectivity index (χ1) is 11.5. The number of halogens is 2. The molecular formula is C18H15F2NO3. The molecule has 0 saturated heterocycles. The van der Waals surface area contributed by atoms with Gasteiger partial charge in [-0.15, -0.1) is 0 Å². The van der Waals surface area contributed by atoms with Gasteiger partial charge in [0.25, 0.3) is 0 Å². The molecule has 0 fully saturated rings. The van der Waals surface area contributed by atoms with Crippen LogP contribution in [0.1, 0.15) is 28.8 Å². The lowest BCUT2D eigenvalue weighted by molar-refractivity contribution is -0.118. The number of hydrogen-bond donors (Lipinski definition) is 0. The highest BCUT2D eigenvalue weighted by Crippen LogP contribution is 2.30. The van der Waals surface area contributed by atoms with Crippen molar-refractivity contribution >= 4 is 17.4 Å². The van der Waals surface area contributed by atoms with E-state index in [4.69, 9.17) is 0 Å². The Morgan fingerprint density at radius 2 is 1.75 bits per heavy atom. The van der Waals surface area contributed by atoms with Gasteiger partial charge in [0.15, 0.2) is 23.2 Å². The van der Waals surface area contributed by atoms with Crippen molar-refractivity contribution in [2.24, 2.45) is 0 Å². The van der Waals surface area contributed by atoms with Crippen molar-refractivity contribution in [1.82, 2.24) is 0 Å². The summed E-state index contributed by atoms with van der Waals surface area (Å²) in [7, 11) is 1.18. The molecule has 2 aromatic carbocycles. The molecule has 2 aromatic rings. The van der Waals surface area contributed by atoms with Gasteiger partial charge >= 0.3 is 0 Å². The first-order valence-electron chi connectivity index (χ1n) is 7.45. The molecule has 0 N–H and O–H groups in total. The predicted octanol–water partition coefficient (Wildman–Crippen LogP) is 3.48. The van der Waals surface area contributed by atoms with E-state index in [2.05, 4.69) is 4.74 Å². The lowest BCUT2D eigenvalue weighted by atomic mass is 10.1. The molecule has 124 valence electrons. The summed E-state index contributed by atoms with van der Waals surface area (Å²) in [6, 6.07) is 9.00. The second-order valence-electron chi connectivity index (χ2n) is 5.51. The van der Waals surface area contributed by atoms with E-state index in [0.717, 1.165) is 12.1 Å². The topological polar surface area (TPSA) is 46.6 Å². The molecule has 24 heavy (non-hydrogen) atoms. The maximum atomic E-state index is 13.9. The third-order valence-electron chi connectivity index (χ3n) is 3.97. The molecule has 0 unspecified atom stereocenters. The fourth-order valence-corrected chi connectivity index (χ4v) is 2.82. The van der Waals surface area contributed by atoms with E-state index >= 15 is 0 Å². The summed E-state index contributed by atoms with van der Waals surface area (Å²) >= 11 is 0. The van der Waals surface area contributed by atoms with Crippen LogP contribution >= 0.6 is 0 Å². The highest BCUT2D eigenvalue weighted by molar-refractivity contribution is 6.09. The largest absolute Gasteiger partial charge is 0.491 e. The fraction of sp³-hybridized carbons (Fsp3) is 0.222. The first kappa shape index (κ1) is 16.1. The molecular weight excluding hydrogens is 316 g/mol. The molecule has 0 atom stereocenters. The lowest BCUT2D eigenvalue weighted by Crippen LogP contribution is -2.29. The number of ketones is 1. The number of rotatable bonds is 3. The summed E-state index contributed by atoms with van der Waals surface area (Å²) in [5.41, 5.74) is 1.18. The van der Waals surface area contributed by atoms with Crippen molar-refractivity contribution in [1.29, 1.82) is 0 Å². The molecule has 1 heterocycles. The van der Waals surface area contributed by atoms with Gasteiger partial charge < -0.3 is 9.64 Å². The Labute approximate surface area is 137 Å². The van der Waals surface area contributed by atoms with Gasteiger partial charge in [-0.3, -0.25) is 9.59 Å². The molecule has 0 saturated carbocycles. The van der Waals surface area contributed by atoms with E-state index in [1.54, 1.807) is 24.3 Å². The number of methoxy groups -OCH3 is 1. The van der Waals surface area contributed by atoms with Crippen LogP contribution < -0.4 is 9.64 Å². The van der Waals surface area contributed by atoms with Crippen LogP contribution in [-0.4, -0.2) is 18.8 Å². The minimum atomic E-state index is -0.834. The SMILES string of the molecule is COc1c(F)cc(CN2C(=O)CCC(=O)c3ccccc32)cc1F. The van der Waals surface area contributed by atoms with E-state index < -0.39 is 17.4 Å². The molecule has 0 radical (unpaired) electrons. The highest BCUT2D eigenvalue weighted by Gasteiger charge is 2.27. The van der Waals surface area contributed by atoms with E-state index in [-0.39, 0.29) is 36.6 Å². The van der Waals surface area contributed by atoms with Crippen LogP contribution in [0.3, 0.4) is 0 Å². The second kappa shape index (κ2) is 6.39. The Kier molecular flexibility index (Phi) is 4.29. The number of amides is 1. The van der Waals surface area contributed by atoms with E-state index in [1.165, 1.54) is 12.0 Å². The zero-order valence-electron chi connectivity index (χ0n) is 13.0. The van der Waals surface area contributed by atoms with Crippen LogP contribution in [-0.2, 0) is 11.3 Å². The molecule has 0 aliphatic carbocycles. The van der Waals surface area contributed by atoms with Gasteiger partial charge in [-0.25, -0.2) is 8.78 Å². The van der Waals surface area contributed by atoms with Crippen molar-refractivity contribution in [3.8, 4) is 5.75 Å². The van der Waals surface area contributed by atoms with Gasteiger partial charge in [0.05, 0.1) is 19.3 Å². The molecule has 0 aromatic heterocycles. The van der Waals surface area contributed by atoms with Crippen molar-refractivity contribution in [2.45, 2.75) is 19.4 Å². The second-order valence-corrected chi connectivity index (χ2v) is 5.51. The Balaban J connectivity index is 2.01. The summed E-state index contributed by atoms with van der Waals surface area (Å²) < 4.78 is 32.4. The number of nitrogens with zero attached hydrogens (tertiary/aromatic N) is 1. The Morgan fingerprint density at radius 1 is 1.08 bits per heavy atom. The third-order valence-corrected chi connectivity index (χ3v) is 3.97. The van der Waals surface area contributed by atoms with Gasteiger partial charge in [-0.05, 0) is 29.8 Å². The number of ether oxygens (including phenoxy) is 1. The monoisotopic (exact) mass is 331 g/mol. The summed E-state index contributed by atoms with van der Waals surface area (Å²) in [5, 5.41) is 0. The molecule has 0 bridgehead atoms. The van der Waals surface area contributed by atoms with Gasteiger partial charge in [-0.2, -0.15) is 0 Å². The van der Waals surface area contributed by atoms with Crippen molar-refractivity contribution in [2.75, 3.05) is 12.0 Å². The molecule has 0 spiro atoms. The number of fused-ring (bicyclic) bond motifs is 1. The number of anilines is 1. The minimum absolute atomic E-state index is 0.0268. The van der Waals surface area contributed by atoms with E-state index in [0.29, 0.717) is 11.3 Å². The Morgan fingerprint density at radius 3 is 2.42 bits per heavy atom. The van der Waals surface area contributed by atoms with Gasteiger partial charge in [-0.1, -0.05) is 12.1 Å². The molecule has 1 aliphatic rings. The molecule has 4 nitrogen and oxygen atoms in total. The van der Waals surface area contributed by atoms with Crippen LogP contribution in [0.5, 0.6) is 5.75 Å². The Hall–Kier alpha value is -2.76. The van der Waals surface area contributed by atoms with Crippen LogP contribution in [0.4, 0.5) is 14.5 Å². The average Bonchev–Trinajstić information content (AvgIpc) is 2.67. The molecule has 1 aliphatic heterocycles. The van der Waals surface area contributed by atoms with Crippen LogP contribution in [0.15, 0.2) is 36.4 Å². The van der Waals surface area contributed by atoms with Gasteiger partial charge in [0.2, 0.25) is 5.91 Å². The number of para-hydroxylation sites is 1. The van der Waals surface area contributed by atoms with Gasteiger partial charge in [0.1, 0.15) is 0 Å². The number of carbonyl (C=O) groups is 2. The smallest absolute Gasteiger partial charge is 0.227 e. The highest BCUT2D eigenvalue weighted by atomic mass is 19.1. The normalized spacial score (nSPS) is 14.4. The van der Waals surface area contributed by atoms with Crippen LogP contribution in [0, 0.1) is 11.6 Å². The van der Waals surface area contributed by atoms with E-state index in [1.807, 2.05) is 0 Å². The number of benzene rings is 2. The van der Waals surface area contributed by atoms with Crippen molar-refractivity contribution in [3.05, 3.63) is 59.2 Å². The maximum Gasteiger partial charge on any atom is 0.227 e. The summed E-state index contributed by atoms with van der Waals surface area (Å²) in [5.74, 6) is -2.51. The summed E-state index contributed by atoms with van der Waals surface area (Å²) in [6.45, 7) is -0.0268. The van der Waals surface area contributed by atoms with E-state index in [9.17, 15) is 18.4 Å². The fourth-order valence-electron chi connectivity index (χ4n) is 2.82. The van der Waals surface area contributed by atoms with Crippen LogP contribution in [0.2, 0.25) is 0 Å². The zero-order valence-corrected chi connectivity index (χ0v) is 13.0.